The molecular weight excluding hydrogens is 423 g/mol. The molecule has 1 aliphatic heterocycles. The van der Waals surface area contributed by atoms with Crippen LogP contribution in [-0.4, -0.2) is 51.5 Å². The van der Waals surface area contributed by atoms with Gasteiger partial charge in [-0.05, 0) is 35.9 Å². The summed E-state index contributed by atoms with van der Waals surface area (Å²) in [5, 5.41) is 2.73. The number of carbonyl (C=O) groups is 1. The van der Waals surface area contributed by atoms with Gasteiger partial charge in [-0.2, -0.15) is 4.31 Å². The first-order chi connectivity index (χ1) is 13.9. The maximum atomic E-state index is 12.9. The highest BCUT2D eigenvalue weighted by atomic mass is 35.5. The first-order valence-corrected chi connectivity index (χ1v) is 10.7. The maximum absolute atomic E-state index is 12.9. The molecule has 1 amide bonds. The number of morpholine rings is 1. The monoisotopic (exact) mass is 442 g/mol. The van der Waals surface area contributed by atoms with Gasteiger partial charge in [0.15, 0.2) is 6.61 Å². The second kappa shape index (κ2) is 9.53. The summed E-state index contributed by atoms with van der Waals surface area (Å²) < 4.78 is 50.1. The van der Waals surface area contributed by atoms with Crippen LogP contribution in [0.5, 0.6) is 5.75 Å². The Morgan fingerprint density at radius 2 is 1.86 bits per heavy atom. The van der Waals surface area contributed by atoms with Gasteiger partial charge in [-0.1, -0.05) is 23.7 Å². The van der Waals surface area contributed by atoms with Crippen molar-refractivity contribution in [2.24, 2.45) is 0 Å². The predicted molar refractivity (Wildman–Crippen MR) is 105 cm³/mol. The van der Waals surface area contributed by atoms with Crippen molar-refractivity contribution in [1.82, 2.24) is 9.62 Å². The van der Waals surface area contributed by atoms with E-state index in [1.165, 1.54) is 34.6 Å². The maximum Gasteiger partial charge on any atom is 0.258 e. The van der Waals surface area contributed by atoms with E-state index in [2.05, 4.69) is 5.32 Å². The van der Waals surface area contributed by atoms with E-state index in [-0.39, 0.29) is 47.7 Å². The van der Waals surface area contributed by atoms with Crippen molar-refractivity contribution in [3.05, 3.63) is 58.9 Å². The number of amides is 1. The number of hydrogen-bond acceptors (Lipinski definition) is 5. The lowest BCUT2D eigenvalue weighted by Crippen LogP contribution is -2.40. The van der Waals surface area contributed by atoms with Gasteiger partial charge in [0.2, 0.25) is 10.0 Å². The van der Waals surface area contributed by atoms with E-state index in [1.54, 1.807) is 12.1 Å². The molecule has 0 aliphatic carbocycles. The Labute approximate surface area is 173 Å². The Morgan fingerprint density at radius 1 is 1.17 bits per heavy atom. The summed E-state index contributed by atoms with van der Waals surface area (Å²) >= 11 is 6.15. The minimum absolute atomic E-state index is 0.0533. The first kappa shape index (κ1) is 21.5. The van der Waals surface area contributed by atoms with E-state index in [1.807, 2.05) is 0 Å². The molecule has 0 radical (unpaired) electrons. The minimum atomic E-state index is -3.67. The van der Waals surface area contributed by atoms with E-state index >= 15 is 0 Å². The van der Waals surface area contributed by atoms with Crippen molar-refractivity contribution < 1.29 is 27.1 Å². The molecule has 7 nitrogen and oxygen atoms in total. The molecule has 0 aromatic heterocycles. The molecule has 156 valence electrons. The van der Waals surface area contributed by atoms with Gasteiger partial charge in [0.25, 0.3) is 5.91 Å². The molecule has 1 N–H and O–H groups in total. The summed E-state index contributed by atoms with van der Waals surface area (Å²) in [5.74, 6) is -0.544. The summed E-state index contributed by atoms with van der Waals surface area (Å²) in [6.07, 6.45) is 0. The van der Waals surface area contributed by atoms with E-state index in [4.69, 9.17) is 21.1 Å². The number of rotatable bonds is 7. The molecule has 0 spiro atoms. The Balaban J connectivity index is 1.56. The molecule has 0 bridgehead atoms. The van der Waals surface area contributed by atoms with Gasteiger partial charge in [0, 0.05) is 19.6 Å². The van der Waals surface area contributed by atoms with Crippen LogP contribution in [0.4, 0.5) is 4.39 Å². The molecule has 0 saturated carbocycles. The molecule has 29 heavy (non-hydrogen) atoms. The number of nitrogens with zero attached hydrogens (tertiary/aromatic N) is 1. The number of nitrogens with one attached hydrogen (secondary N) is 1. The van der Waals surface area contributed by atoms with Crippen molar-refractivity contribution in [2.45, 2.75) is 11.4 Å². The molecule has 1 heterocycles. The molecule has 2 aromatic carbocycles. The summed E-state index contributed by atoms with van der Waals surface area (Å²) in [6.45, 7) is 1.20. The number of benzene rings is 2. The Hall–Kier alpha value is -2.20. The fraction of sp³-hybridized carbons (Fsp3) is 0.316. The highest BCUT2D eigenvalue weighted by molar-refractivity contribution is 7.89. The fourth-order valence-corrected chi connectivity index (χ4v) is 4.43. The normalized spacial score (nSPS) is 15.1. The Kier molecular flexibility index (Phi) is 7.07. The lowest BCUT2D eigenvalue weighted by Gasteiger charge is -2.26. The Morgan fingerprint density at radius 3 is 2.52 bits per heavy atom. The largest absolute Gasteiger partial charge is 0.482 e. The smallest absolute Gasteiger partial charge is 0.258 e. The standard InChI is InChI=1S/C19H20ClFN2O5S/c20-17-11-16(29(25,26)23-7-9-27-10-8-23)5-6-18(17)28-13-19(24)22-12-14-1-3-15(21)4-2-14/h1-6,11H,7-10,12-13H2,(H,22,24). The third kappa shape index (κ3) is 5.66. The lowest BCUT2D eigenvalue weighted by molar-refractivity contribution is -0.123. The van der Waals surface area contributed by atoms with Crippen molar-refractivity contribution in [3.8, 4) is 5.75 Å². The van der Waals surface area contributed by atoms with Crippen LogP contribution in [-0.2, 0) is 26.1 Å². The number of hydrogen-bond donors (Lipinski definition) is 1. The molecular formula is C19H20ClFN2O5S. The van der Waals surface area contributed by atoms with Crippen molar-refractivity contribution in [3.63, 3.8) is 0 Å². The zero-order valence-corrected chi connectivity index (χ0v) is 17.0. The molecule has 10 heteroatoms. The van der Waals surface area contributed by atoms with Crippen LogP contribution in [0.3, 0.4) is 0 Å². The molecule has 1 aliphatic rings. The van der Waals surface area contributed by atoms with Gasteiger partial charge in [-0.25, -0.2) is 12.8 Å². The number of ether oxygens (including phenoxy) is 2. The third-order valence-electron chi connectivity index (χ3n) is 4.27. The average molecular weight is 443 g/mol. The topological polar surface area (TPSA) is 84.9 Å². The van der Waals surface area contributed by atoms with Crippen molar-refractivity contribution in [2.75, 3.05) is 32.9 Å². The Bertz CT molecular complexity index is 963. The second-order valence-corrected chi connectivity index (χ2v) is 8.65. The number of halogens is 2. The lowest BCUT2D eigenvalue weighted by atomic mass is 10.2. The van der Waals surface area contributed by atoms with Crippen LogP contribution in [0, 0.1) is 5.82 Å². The summed E-state index contributed by atoms with van der Waals surface area (Å²) in [6, 6.07) is 9.87. The van der Waals surface area contributed by atoms with Crippen LogP contribution < -0.4 is 10.1 Å². The quantitative estimate of drug-likeness (QED) is 0.710. The molecule has 0 unspecified atom stereocenters. The van der Waals surface area contributed by atoms with E-state index in [9.17, 15) is 17.6 Å². The predicted octanol–water partition coefficient (Wildman–Crippen LogP) is 2.20. The van der Waals surface area contributed by atoms with Crippen LogP contribution in [0.15, 0.2) is 47.4 Å². The molecule has 1 fully saturated rings. The van der Waals surface area contributed by atoms with E-state index < -0.39 is 15.9 Å². The SMILES string of the molecule is O=C(COc1ccc(S(=O)(=O)N2CCOCC2)cc1Cl)NCc1ccc(F)cc1. The van der Waals surface area contributed by atoms with Gasteiger partial charge >= 0.3 is 0 Å². The zero-order chi connectivity index (χ0) is 20.9. The van der Waals surface area contributed by atoms with Gasteiger partial charge in [0.05, 0.1) is 23.1 Å². The zero-order valence-electron chi connectivity index (χ0n) is 15.4. The highest BCUT2D eigenvalue weighted by Crippen LogP contribution is 2.29. The van der Waals surface area contributed by atoms with Crippen molar-refractivity contribution >= 4 is 27.5 Å². The van der Waals surface area contributed by atoms with Crippen LogP contribution in [0.2, 0.25) is 5.02 Å². The van der Waals surface area contributed by atoms with Crippen LogP contribution >= 0.6 is 11.6 Å². The van der Waals surface area contributed by atoms with Gasteiger partial charge in [0.1, 0.15) is 11.6 Å². The van der Waals surface area contributed by atoms with Crippen LogP contribution in [0.1, 0.15) is 5.56 Å². The average Bonchev–Trinajstić information content (AvgIpc) is 2.73. The van der Waals surface area contributed by atoms with E-state index in [0.29, 0.717) is 13.2 Å². The summed E-state index contributed by atoms with van der Waals surface area (Å²) in [5.41, 5.74) is 0.746. The summed E-state index contributed by atoms with van der Waals surface area (Å²) in [7, 11) is -3.67. The van der Waals surface area contributed by atoms with Gasteiger partial charge < -0.3 is 14.8 Å². The molecule has 1 saturated heterocycles. The van der Waals surface area contributed by atoms with Gasteiger partial charge in [-0.3, -0.25) is 4.79 Å². The van der Waals surface area contributed by atoms with Crippen LogP contribution in [0.25, 0.3) is 0 Å². The molecule has 2 aromatic rings. The van der Waals surface area contributed by atoms with E-state index in [0.717, 1.165) is 5.56 Å². The second-order valence-electron chi connectivity index (χ2n) is 6.30. The molecule has 0 atom stereocenters. The van der Waals surface area contributed by atoms with Gasteiger partial charge in [-0.15, -0.1) is 0 Å². The first-order valence-electron chi connectivity index (χ1n) is 8.87. The summed E-state index contributed by atoms with van der Waals surface area (Å²) in [4.78, 5) is 12.0. The third-order valence-corrected chi connectivity index (χ3v) is 6.46. The highest BCUT2D eigenvalue weighted by Gasteiger charge is 2.27. The fourth-order valence-electron chi connectivity index (χ4n) is 2.69. The number of carbonyl (C=O) groups excluding carboxylic acids is 1. The molecule has 3 rings (SSSR count). The number of sulfonamides is 1. The minimum Gasteiger partial charge on any atom is -0.482 e. The van der Waals surface area contributed by atoms with Crippen molar-refractivity contribution in [1.29, 1.82) is 0 Å².